The molecule has 7 atom stereocenters. The Balaban J connectivity index is 1.33. The number of carbonyl (C=O) groups is 1. The average Bonchev–Trinajstić information content (AvgIpc) is 3.06. The van der Waals surface area contributed by atoms with Gasteiger partial charge in [0.05, 0.1) is 12.2 Å². The maximum atomic E-state index is 11.7. The molecule has 2 saturated heterocycles. The summed E-state index contributed by atoms with van der Waals surface area (Å²) in [6.45, 7) is 0. The van der Waals surface area contributed by atoms with Crippen LogP contribution in [-0.4, -0.2) is 56.5 Å². The Hall–Kier alpha value is -0.910. The van der Waals surface area contributed by atoms with Crippen molar-refractivity contribution in [1.82, 2.24) is 4.90 Å². The van der Waals surface area contributed by atoms with Crippen LogP contribution in [-0.2, 0) is 4.79 Å². The molecular weight excluding hydrogens is 366 g/mol. The van der Waals surface area contributed by atoms with Crippen LogP contribution in [0.2, 0.25) is 0 Å². The summed E-state index contributed by atoms with van der Waals surface area (Å²) < 4.78 is 0. The van der Waals surface area contributed by atoms with Gasteiger partial charge in [0.15, 0.2) is 0 Å². The molecule has 0 spiro atoms. The Morgan fingerprint density at radius 1 is 1.03 bits per heavy atom. The fraction of sp³-hybridized carbons (Fsp3) is 0.875. The molecule has 0 bridgehead atoms. The predicted molar refractivity (Wildman–Crippen MR) is 112 cm³/mol. The molecule has 0 aromatic heterocycles. The summed E-state index contributed by atoms with van der Waals surface area (Å²) in [5, 5.41) is 30.8. The highest BCUT2D eigenvalue weighted by Gasteiger charge is 2.54. The topological polar surface area (TPSA) is 81.0 Å². The highest BCUT2D eigenvalue weighted by molar-refractivity contribution is 5.73. The van der Waals surface area contributed by atoms with Crippen molar-refractivity contribution in [3.8, 4) is 0 Å². The van der Waals surface area contributed by atoms with E-state index in [1.807, 2.05) is 6.08 Å². The largest absolute Gasteiger partial charge is 0.480 e. The molecule has 2 heterocycles. The van der Waals surface area contributed by atoms with Crippen molar-refractivity contribution < 1.29 is 20.1 Å². The number of aliphatic hydroxyl groups excluding tert-OH is 2. The van der Waals surface area contributed by atoms with Gasteiger partial charge >= 0.3 is 5.97 Å². The summed E-state index contributed by atoms with van der Waals surface area (Å²) in [7, 11) is 0. The third kappa shape index (κ3) is 4.72. The van der Waals surface area contributed by atoms with E-state index < -0.39 is 18.2 Å². The van der Waals surface area contributed by atoms with Crippen molar-refractivity contribution in [1.29, 1.82) is 0 Å². The molecule has 2 saturated carbocycles. The molecule has 4 rings (SSSR count). The molecule has 0 aromatic rings. The number of hydrogen-bond acceptors (Lipinski definition) is 4. The highest BCUT2D eigenvalue weighted by Crippen LogP contribution is 2.49. The van der Waals surface area contributed by atoms with Gasteiger partial charge in [0.1, 0.15) is 6.04 Å². The molecule has 2 aliphatic heterocycles. The van der Waals surface area contributed by atoms with Gasteiger partial charge in [-0.25, -0.2) is 0 Å². The second-order valence-electron chi connectivity index (χ2n) is 10.1. The number of rotatable bonds is 6. The van der Waals surface area contributed by atoms with Crippen LogP contribution in [0.4, 0.5) is 0 Å². The Kier molecular flexibility index (Phi) is 6.98. The molecule has 5 heteroatoms. The SMILES string of the molecule is O=C(O)C1CCCC2C[C@@H]3[C@@H](C=C[C@H](O)CCC4CCCCCC4)[C@H](O)C[C@H]3N21. The van der Waals surface area contributed by atoms with Gasteiger partial charge in [-0.2, -0.15) is 0 Å². The lowest BCUT2D eigenvalue weighted by Crippen LogP contribution is -2.51. The van der Waals surface area contributed by atoms with E-state index in [0.717, 1.165) is 44.4 Å². The third-order valence-electron chi connectivity index (χ3n) is 8.33. The van der Waals surface area contributed by atoms with E-state index in [2.05, 4.69) is 11.0 Å². The zero-order valence-corrected chi connectivity index (χ0v) is 17.7. The smallest absolute Gasteiger partial charge is 0.320 e. The minimum absolute atomic E-state index is 0.0487. The van der Waals surface area contributed by atoms with Crippen LogP contribution in [0.1, 0.15) is 83.5 Å². The number of nitrogens with zero attached hydrogens (tertiary/aromatic N) is 1. The van der Waals surface area contributed by atoms with Crippen molar-refractivity contribution in [2.45, 2.75) is 114 Å². The van der Waals surface area contributed by atoms with Crippen molar-refractivity contribution in [2.24, 2.45) is 17.8 Å². The number of aliphatic hydroxyl groups is 2. The van der Waals surface area contributed by atoms with Gasteiger partial charge in [-0.3, -0.25) is 9.69 Å². The van der Waals surface area contributed by atoms with Crippen LogP contribution in [0.15, 0.2) is 12.2 Å². The van der Waals surface area contributed by atoms with Crippen molar-refractivity contribution in [2.75, 3.05) is 0 Å². The van der Waals surface area contributed by atoms with Gasteiger partial charge in [0.2, 0.25) is 0 Å². The summed E-state index contributed by atoms with van der Waals surface area (Å²) in [6, 6.07) is 0.140. The first-order valence-electron chi connectivity index (χ1n) is 12.1. The number of fused-ring (bicyclic) bond motifs is 3. The highest BCUT2D eigenvalue weighted by atomic mass is 16.4. The van der Waals surface area contributed by atoms with Gasteiger partial charge in [-0.1, -0.05) is 50.7 Å². The average molecular weight is 406 g/mol. The van der Waals surface area contributed by atoms with Gasteiger partial charge < -0.3 is 15.3 Å². The predicted octanol–water partition coefficient (Wildman–Crippen LogP) is 3.73. The molecule has 5 nitrogen and oxygen atoms in total. The fourth-order valence-electron chi connectivity index (χ4n) is 6.87. The minimum atomic E-state index is -0.710. The monoisotopic (exact) mass is 405 g/mol. The van der Waals surface area contributed by atoms with Crippen LogP contribution in [0.3, 0.4) is 0 Å². The summed E-state index contributed by atoms with van der Waals surface area (Å²) in [5.74, 6) is 0.423. The van der Waals surface area contributed by atoms with E-state index in [0.29, 0.717) is 18.4 Å². The van der Waals surface area contributed by atoms with E-state index in [1.165, 1.54) is 38.5 Å². The molecule has 164 valence electrons. The number of aliphatic carboxylic acids is 1. The normalized spacial score (nSPS) is 39.9. The first kappa shape index (κ1) is 21.3. The third-order valence-corrected chi connectivity index (χ3v) is 8.33. The molecule has 29 heavy (non-hydrogen) atoms. The molecule has 0 radical (unpaired) electrons. The summed E-state index contributed by atoms with van der Waals surface area (Å²) in [5.41, 5.74) is 0. The van der Waals surface area contributed by atoms with Crippen LogP contribution in [0, 0.1) is 17.8 Å². The standard InChI is InChI=1S/C24H39NO4/c26-18(11-10-16-6-3-1-2-4-7-16)12-13-19-20-14-17-8-5-9-21(24(28)29)25(17)22(20)15-23(19)27/h12-13,16-23,26-27H,1-11,14-15H2,(H,28,29)/t17?,18-,19-,20-,21?,22-,23-/m1/s1. The van der Waals surface area contributed by atoms with E-state index >= 15 is 0 Å². The zero-order valence-electron chi connectivity index (χ0n) is 17.7. The summed E-state index contributed by atoms with van der Waals surface area (Å²) in [6.07, 6.45) is 17.5. The van der Waals surface area contributed by atoms with Crippen molar-refractivity contribution >= 4 is 5.97 Å². The Morgan fingerprint density at radius 3 is 2.52 bits per heavy atom. The fourth-order valence-corrected chi connectivity index (χ4v) is 6.87. The molecule has 2 aliphatic carbocycles. The second kappa shape index (κ2) is 9.49. The summed E-state index contributed by atoms with van der Waals surface area (Å²) >= 11 is 0. The quantitative estimate of drug-likeness (QED) is 0.463. The number of piperidine rings is 1. The van der Waals surface area contributed by atoms with Crippen LogP contribution >= 0.6 is 0 Å². The Morgan fingerprint density at radius 2 is 1.79 bits per heavy atom. The molecule has 4 fully saturated rings. The van der Waals surface area contributed by atoms with Crippen LogP contribution in [0.5, 0.6) is 0 Å². The lowest BCUT2D eigenvalue weighted by Gasteiger charge is -2.38. The Labute approximate surface area is 175 Å². The van der Waals surface area contributed by atoms with E-state index in [4.69, 9.17) is 0 Å². The molecule has 0 aromatic carbocycles. The van der Waals surface area contributed by atoms with Gasteiger partial charge in [0.25, 0.3) is 0 Å². The van der Waals surface area contributed by atoms with Gasteiger partial charge in [-0.05, 0) is 56.8 Å². The van der Waals surface area contributed by atoms with Gasteiger partial charge in [0, 0.05) is 18.0 Å². The molecule has 2 unspecified atom stereocenters. The maximum absolute atomic E-state index is 11.7. The van der Waals surface area contributed by atoms with E-state index in [-0.39, 0.29) is 18.0 Å². The van der Waals surface area contributed by atoms with E-state index in [1.54, 1.807) is 0 Å². The molecule has 4 aliphatic rings. The maximum Gasteiger partial charge on any atom is 0.320 e. The minimum Gasteiger partial charge on any atom is -0.480 e. The number of carboxylic acid groups (broad SMARTS) is 1. The molecule has 0 amide bonds. The van der Waals surface area contributed by atoms with Crippen LogP contribution in [0.25, 0.3) is 0 Å². The first-order chi connectivity index (χ1) is 14.0. The van der Waals surface area contributed by atoms with Gasteiger partial charge in [-0.15, -0.1) is 0 Å². The molecule has 3 N–H and O–H groups in total. The first-order valence-corrected chi connectivity index (χ1v) is 12.1. The molecular formula is C24H39NO4. The van der Waals surface area contributed by atoms with E-state index in [9.17, 15) is 20.1 Å². The lowest BCUT2D eigenvalue weighted by molar-refractivity contribution is -0.146. The number of hydrogen-bond donors (Lipinski definition) is 3. The lowest BCUT2D eigenvalue weighted by atomic mass is 9.88. The van der Waals surface area contributed by atoms with Crippen LogP contribution < -0.4 is 0 Å². The summed E-state index contributed by atoms with van der Waals surface area (Å²) in [4.78, 5) is 14.0. The number of carboxylic acids is 1. The van der Waals surface area contributed by atoms with Crippen molar-refractivity contribution in [3.63, 3.8) is 0 Å². The Bertz CT molecular complexity index is 585. The zero-order chi connectivity index (χ0) is 20.4. The second-order valence-corrected chi connectivity index (χ2v) is 10.1. The van der Waals surface area contributed by atoms with Crippen molar-refractivity contribution in [3.05, 3.63) is 12.2 Å².